The predicted molar refractivity (Wildman–Crippen MR) is 83.3 cm³/mol. The highest BCUT2D eigenvalue weighted by atomic mass is 19.1. The van der Waals surface area contributed by atoms with Gasteiger partial charge in [-0.3, -0.25) is 9.59 Å². The summed E-state index contributed by atoms with van der Waals surface area (Å²) in [6.07, 6.45) is 3.65. The lowest BCUT2D eigenvalue weighted by atomic mass is 9.98. The molecule has 5 nitrogen and oxygen atoms in total. The number of benzene rings is 1. The van der Waals surface area contributed by atoms with Gasteiger partial charge in [-0.1, -0.05) is 12.1 Å². The number of para-hydroxylation sites is 1. The number of piperidine rings is 1. The van der Waals surface area contributed by atoms with Gasteiger partial charge in [0.05, 0.1) is 5.69 Å². The van der Waals surface area contributed by atoms with Crippen LogP contribution in [0, 0.1) is 5.82 Å². The van der Waals surface area contributed by atoms with Gasteiger partial charge < -0.3 is 15.3 Å². The van der Waals surface area contributed by atoms with Crippen molar-refractivity contribution in [1.29, 1.82) is 0 Å². The Morgan fingerprint density at radius 3 is 2.65 bits per heavy atom. The van der Waals surface area contributed by atoms with Gasteiger partial charge in [0.15, 0.2) is 0 Å². The fourth-order valence-electron chi connectivity index (χ4n) is 3.40. The Kier molecular flexibility index (Phi) is 4.35. The molecule has 3 rings (SSSR count). The topological polar surface area (TPSA) is 69.6 Å². The summed E-state index contributed by atoms with van der Waals surface area (Å²) in [5.41, 5.74) is -1.13. The number of nitrogens with one attached hydrogen (secondary N) is 1. The van der Waals surface area contributed by atoms with Crippen molar-refractivity contribution in [3.8, 4) is 0 Å². The first-order valence-corrected chi connectivity index (χ1v) is 8.10. The maximum absolute atomic E-state index is 13.9. The van der Waals surface area contributed by atoms with E-state index in [9.17, 15) is 19.1 Å². The molecule has 1 saturated heterocycles. The van der Waals surface area contributed by atoms with Gasteiger partial charge in [-0.25, -0.2) is 4.39 Å². The van der Waals surface area contributed by atoms with Crippen molar-refractivity contribution in [2.75, 3.05) is 11.4 Å². The van der Waals surface area contributed by atoms with Gasteiger partial charge >= 0.3 is 0 Å². The number of carbonyl (C=O) groups is 2. The minimum absolute atomic E-state index is 0.232. The Hall–Kier alpha value is -1.95. The third kappa shape index (κ3) is 3.08. The first-order chi connectivity index (χ1) is 11.0. The Morgan fingerprint density at radius 2 is 1.96 bits per heavy atom. The highest BCUT2D eigenvalue weighted by molar-refractivity contribution is 6.00. The van der Waals surface area contributed by atoms with E-state index in [0.29, 0.717) is 32.2 Å². The van der Waals surface area contributed by atoms with Crippen LogP contribution >= 0.6 is 0 Å². The number of carbonyl (C=O) groups excluding carboxylic acids is 2. The van der Waals surface area contributed by atoms with Gasteiger partial charge in [0.25, 0.3) is 5.91 Å². The lowest BCUT2D eigenvalue weighted by molar-refractivity contribution is -0.142. The van der Waals surface area contributed by atoms with Gasteiger partial charge in [0.1, 0.15) is 17.5 Å². The van der Waals surface area contributed by atoms with Crippen LogP contribution in [0.2, 0.25) is 0 Å². The Balaban J connectivity index is 1.73. The molecule has 1 heterocycles. The van der Waals surface area contributed by atoms with E-state index in [2.05, 4.69) is 5.32 Å². The van der Waals surface area contributed by atoms with Crippen molar-refractivity contribution in [2.45, 2.75) is 50.2 Å². The largest absolute Gasteiger partial charge is 0.380 e. The monoisotopic (exact) mass is 320 g/mol. The van der Waals surface area contributed by atoms with Crippen LogP contribution in [0.25, 0.3) is 0 Å². The van der Waals surface area contributed by atoms with Crippen LogP contribution in [0.3, 0.4) is 0 Å². The number of nitrogens with zero attached hydrogens (tertiary/aromatic N) is 1. The van der Waals surface area contributed by atoms with Gasteiger partial charge in [-0.2, -0.15) is 0 Å². The number of amides is 2. The lowest BCUT2D eigenvalue weighted by Crippen LogP contribution is -2.57. The smallest absolute Gasteiger partial charge is 0.252 e. The zero-order valence-corrected chi connectivity index (χ0v) is 12.9. The second-order valence-corrected chi connectivity index (χ2v) is 6.35. The zero-order valence-electron chi connectivity index (χ0n) is 12.9. The van der Waals surface area contributed by atoms with Crippen molar-refractivity contribution < 1.29 is 19.1 Å². The van der Waals surface area contributed by atoms with Crippen molar-refractivity contribution in [3.05, 3.63) is 30.1 Å². The average Bonchev–Trinajstić information content (AvgIpc) is 2.98. The Morgan fingerprint density at radius 1 is 1.26 bits per heavy atom. The van der Waals surface area contributed by atoms with Crippen LogP contribution < -0.4 is 10.2 Å². The van der Waals surface area contributed by atoms with E-state index >= 15 is 0 Å². The van der Waals surface area contributed by atoms with E-state index in [4.69, 9.17) is 0 Å². The highest BCUT2D eigenvalue weighted by Gasteiger charge is 2.41. The maximum Gasteiger partial charge on any atom is 0.252 e. The average molecular weight is 320 g/mol. The molecule has 0 aromatic heterocycles. The summed E-state index contributed by atoms with van der Waals surface area (Å²) in [6, 6.07) is 5.41. The van der Waals surface area contributed by atoms with Crippen LogP contribution in [0.5, 0.6) is 0 Å². The molecule has 1 aromatic carbocycles. The molecule has 2 amide bonds. The number of anilines is 1. The molecule has 1 aliphatic carbocycles. The molecule has 2 fully saturated rings. The van der Waals surface area contributed by atoms with Crippen LogP contribution in [-0.2, 0) is 9.59 Å². The Labute approximate surface area is 134 Å². The fraction of sp³-hybridized carbons (Fsp3) is 0.529. The van der Waals surface area contributed by atoms with Gasteiger partial charge in [-0.15, -0.1) is 0 Å². The molecule has 2 N–H and O–H groups in total. The van der Waals surface area contributed by atoms with E-state index in [0.717, 1.165) is 12.8 Å². The number of hydrogen-bond acceptors (Lipinski definition) is 3. The van der Waals surface area contributed by atoms with Gasteiger partial charge in [0, 0.05) is 6.54 Å². The third-order valence-electron chi connectivity index (χ3n) is 4.74. The molecule has 1 atom stereocenters. The lowest BCUT2D eigenvalue weighted by Gasteiger charge is -2.34. The van der Waals surface area contributed by atoms with Gasteiger partial charge in [-0.05, 0) is 50.7 Å². The minimum atomic E-state index is -1.36. The van der Waals surface area contributed by atoms with Crippen molar-refractivity contribution in [1.82, 2.24) is 5.32 Å². The first kappa shape index (κ1) is 15.9. The molecular weight excluding hydrogens is 299 g/mol. The third-order valence-corrected chi connectivity index (χ3v) is 4.74. The molecule has 124 valence electrons. The predicted octanol–water partition coefficient (Wildman–Crippen LogP) is 1.74. The van der Waals surface area contributed by atoms with E-state index in [-0.39, 0.29) is 11.6 Å². The SMILES string of the molecule is O=C1[C@@H](NC(=O)C2(O)CCCC2)CCCN1c1ccccc1F. The molecule has 1 aromatic rings. The molecule has 0 spiro atoms. The fourth-order valence-corrected chi connectivity index (χ4v) is 3.40. The highest BCUT2D eigenvalue weighted by Crippen LogP contribution is 2.30. The molecule has 2 aliphatic rings. The van der Waals surface area contributed by atoms with Crippen molar-refractivity contribution >= 4 is 17.5 Å². The quantitative estimate of drug-likeness (QED) is 0.891. The molecule has 23 heavy (non-hydrogen) atoms. The zero-order chi connectivity index (χ0) is 16.4. The molecule has 0 unspecified atom stereocenters. The van der Waals surface area contributed by atoms with E-state index in [1.54, 1.807) is 18.2 Å². The Bertz CT molecular complexity index is 614. The summed E-state index contributed by atoms with van der Waals surface area (Å²) in [6.45, 7) is 0.427. The standard InChI is InChI=1S/C17H21FN2O3/c18-12-6-1-2-8-14(12)20-11-5-7-13(15(20)21)19-16(22)17(23)9-3-4-10-17/h1-2,6,8,13,23H,3-5,7,9-11H2,(H,19,22)/t13-/m0/s1. The molecule has 6 heteroatoms. The summed E-state index contributed by atoms with van der Waals surface area (Å²) < 4.78 is 13.9. The summed E-state index contributed by atoms with van der Waals surface area (Å²) in [7, 11) is 0. The van der Waals surface area contributed by atoms with E-state index in [1.165, 1.54) is 11.0 Å². The van der Waals surface area contributed by atoms with E-state index < -0.39 is 23.4 Å². The summed E-state index contributed by atoms with van der Waals surface area (Å²) >= 11 is 0. The molecular formula is C17H21FN2O3. The number of rotatable bonds is 3. The van der Waals surface area contributed by atoms with Crippen LogP contribution in [0.15, 0.2) is 24.3 Å². The maximum atomic E-state index is 13.9. The summed E-state index contributed by atoms with van der Waals surface area (Å²) in [5, 5.41) is 13.0. The van der Waals surface area contributed by atoms with Crippen LogP contribution in [-0.4, -0.2) is 35.1 Å². The second kappa shape index (κ2) is 6.28. The van der Waals surface area contributed by atoms with E-state index in [1.807, 2.05) is 0 Å². The summed E-state index contributed by atoms with van der Waals surface area (Å²) in [5.74, 6) is -1.26. The van der Waals surface area contributed by atoms with Crippen molar-refractivity contribution in [2.24, 2.45) is 0 Å². The molecule has 1 aliphatic heterocycles. The summed E-state index contributed by atoms with van der Waals surface area (Å²) in [4.78, 5) is 26.3. The van der Waals surface area contributed by atoms with Crippen molar-refractivity contribution in [3.63, 3.8) is 0 Å². The molecule has 1 saturated carbocycles. The van der Waals surface area contributed by atoms with Crippen LogP contribution in [0.4, 0.5) is 10.1 Å². The molecule has 0 radical (unpaired) electrons. The minimum Gasteiger partial charge on any atom is -0.380 e. The first-order valence-electron chi connectivity index (χ1n) is 8.10. The molecule has 0 bridgehead atoms. The second-order valence-electron chi connectivity index (χ2n) is 6.35. The number of hydrogen-bond donors (Lipinski definition) is 2. The van der Waals surface area contributed by atoms with Gasteiger partial charge in [0.2, 0.25) is 5.91 Å². The normalized spacial score (nSPS) is 23.8. The number of halogens is 1. The number of aliphatic hydroxyl groups is 1. The van der Waals surface area contributed by atoms with Crippen LogP contribution in [0.1, 0.15) is 38.5 Å².